The van der Waals surface area contributed by atoms with E-state index in [1.54, 1.807) is 6.33 Å². The van der Waals surface area contributed by atoms with Gasteiger partial charge in [-0.1, -0.05) is 6.08 Å². The van der Waals surface area contributed by atoms with E-state index in [2.05, 4.69) is 15.6 Å². The SMILES string of the molecule is C/C=C\n1cnc(C2N=C(N(C)CC(=O)NC(C)(C)C)C3=C(CCC3)N2)c1. The summed E-state index contributed by atoms with van der Waals surface area (Å²) in [5.41, 5.74) is 3.09. The molecule has 1 aromatic heterocycles. The van der Waals surface area contributed by atoms with E-state index in [0.717, 1.165) is 30.8 Å². The number of likely N-dealkylation sites (N-methyl/N-ethyl adjacent to an activating group) is 1. The molecule has 7 nitrogen and oxygen atoms in total. The quantitative estimate of drug-likeness (QED) is 0.854. The second kappa shape index (κ2) is 7.58. The lowest BCUT2D eigenvalue weighted by molar-refractivity contribution is -0.122. The first-order valence-electron chi connectivity index (χ1n) is 9.52. The Bertz CT molecular complexity index is 796. The van der Waals surface area contributed by atoms with Gasteiger partial charge in [-0.05, 0) is 47.0 Å². The van der Waals surface area contributed by atoms with E-state index >= 15 is 0 Å². The molecule has 2 heterocycles. The van der Waals surface area contributed by atoms with Gasteiger partial charge in [0, 0.05) is 36.3 Å². The zero-order chi connectivity index (χ0) is 19.6. The summed E-state index contributed by atoms with van der Waals surface area (Å²) < 4.78 is 1.92. The average Bonchev–Trinajstić information content (AvgIpc) is 3.20. The van der Waals surface area contributed by atoms with Crippen LogP contribution in [0, 0.1) is 0 Å². The van der Waals surface area contributed by atoms with Gasteiger partial charge in [0.1, 0.15) is 11.5 Å². The third-order valence-corrected chi connectivity index (χ3v) is 4.53. The van der Waals surface area contributed by atoms with Crippen molar-refractivity contribution < 1.29 is 4.79 Å². The Balaban J connectivity index is 1.81. The maximum Gasteiger partial charge on any atom is 0.239 e. The summed E-state index contributed by atoms with van der Waals surface area (Å²) >= 11 is 0. The number of allylic oxidation sites excluding steroid dienone is 2. The third kappa shape index (κ3) is 4.59. The fourth-order valence-corrected chi connectivity index (χ4v) is 3.51. The van der Waals surface area contributed by atoms with Gasteiger partial charge >= 0.3 is 0 Å². The van der Waals surface area contributed by atoms with Crippen molar-refractivity contribution in [3.05, 3.63) is 35.6 Å². The molecular weight excluding hydrogens is 340 g/mol. The molecule has 2 aliphatic rings. The van der Waals surface area contributed by atoms with Crippen molar-refractivity contribution in [2.24, 2.45) is 4.99 Å². The summed E-state index contributed by atoms with van der Waals surface area (Å²) in [5.74, 6) is 0.899. The van der Waals surface area contributed by atoms with Crippen LogP contribution in [0.3, 0.4) is 0 Å². The molecule has 0 spiro atoms. The Labute approximate surface area is 161 Å². The van der Waals surface area contributed by atoms with E-state index in [-0.39, 0.29) is 24.2 Å². The number of nitrogens with zero attached hydrogens (tertiary/aromatic N) is 4. The molecule has 0 radical (unpaired) electrons. The summed E-state index contributed by atoms with van der Waals surface area (Å²) in [4.78, 5) is 23.7. The molecule has 1 atom stereocenters. The van der Waals surface area contributed by atoms with E-state index < -0.39 is 0 Å². The number of rotatable bonds is 4. The first-order chi connectivity index (χ1) is 12.8. The van der Waals surface area contributed by atoms with Crippen LogP contribution in [-0.2, 0) is 4.79 Å². The smallest absolute Gasteiger partial charge is 0.239 e. The van der Waals surface area contributed by atoms with Gasteiger partial charge in [0.2, 0.25) is 5.91 Å². The predicted molar refractivity (Wildman–Crippen MR) is 108 cm³/mol. The van der Waals surface area contributed by atoms with Gasteiger partial charge in [-0.2, -0.15) is 0 Å². The Morgan fingerprint density at radius 3 is 2.93 bits per heavy atom. The largest absolute Gasteiger partial charge is 0.362 e. The van der Waals surface area contributed by atoms with E-state index in [1.807, 2.05) is 62.7 Å². The lowest BCUT2D eigenvalue weighted by Crippen LogP contribution is -2.47. The normalized spacial score (nSPS) is 19.7. The maximum absolute atomic E-state index is 12.4. The minimum atomic E-state index is -0.242. The van der Waals surface area contributed by atoms with Crippen molar-refractivity contribution in [3.8, 4) is 0 Å². The second-order valence-electron chi connectivity index (χ2n) is 8.19. The first-order valence-corrected chi connectivity index (χ1v) is 9.52. The van der Waals surface area contributed by atoms with Crippen LogP contribution < -0.4 is 10.6 Å². The molecule has 1 unspecified atom stereocenters. The number of amidine groups is 1. The molecule has 146 valence electrons. The molecule has 1 aromatic rings. The molecule has 1 amide bonds. The highest BCUT2D eigenvalue weighted by molar-refractivity contribution is 6.01. The van der Waals surface area contributed by atoms with Crippen LogP contribution in [0.15, 0.2) is 34.9 Å². The van der Waals surface area contributed by atoms with Crippen LogP contribution in [0.5, 0.6) is 0 Å². The summed E-state index contributed by atoms with van der Waals surface area (Å²) in [6.45, 7) is 8.22. The van der Waals surface area contributed by atoms with Crippen LogP contribution in [0.1, 0.15) is 58.8 Å². The minimum Gasteiger partial charge on any atom is -0.362 e. The van der Waals surface area contributed by atoms with Crippen molar-refractivity contribution in [2.45, 2.75) is 58.7 Å². The van der Waals surface area contributed by atoms with Crippen LogP contribution >= 0.6 is 0 Å². The number of hydrogen-bond donors (Lipinski definition) is 2. The number of hydrogen-bond acceptors (Lipinski definition) is 5. The topological polar surface area (TPSA) is 74.5 Å². The summed E-state index contributed by atoms with van der Waals surface area (Å²) in [7, 11) is 1.94. The molecule has 0 fully saturated rings. The molecular formula is C20H30N6O. The fraction of sp³-hybridized carbons (Fsp3) is 0.550. The Morgan fingerprint density at radius 1 is 1.44 bits per heavy atom. The molecule has 2 N–H and O–H groups in total. The standard InChI is InChI=1S/C20H30N6O/c1-6-10-26-11-16(21-13-26)18-22-15-9-7-8-14(15)19(23-18)25(5)12-17(27)24-20(2,3)4/h6,10-11,13,18,22H,7-9,12H2,1-5H3,(H,24,27)/b10-6-. The number of carbonyl (C=O) groups excluding carboxylic acids is 1. The lowest BCUT2D eigenvalue weighted by atomic mass is 10.1. The molecule has 0 aromatic carbocycles. The Morgan fingerprint density at radius 2 is 2.22 bits per heavy atom. The van der Waals surface area contributed by atoms with E-state index in [1.165, 1.54) is 11.3 Å². The van der Waals surface area contributed by atoms with Crippen LogP contribution in [-0.4, -0.2) is 45.3 Å². The second-order valence-corrected chi connectivity index (χ2v) is 8.19. The van der Waals surface area contributed by atoms with Gasteiger partial charge in [-0.25, -0.2) is 9.98 Å². The first kappa shape index (κ1) is 19.2. The van der Waals surface area contributed by atoms with Gasteiger partial charge in [0.05, 0.1) is 12.9 Å². The van der Waals surface area contributed by atoms with Crippen molar-refractivity contribution in [2.75, 3.05) is 13.6 Å². The fourth-order valence-electron chi connectivity index (χ4n) is 3.51. The highest BCUT2D eigenvalue weighted by Gasteiger charge is 2.30. The van der Waals surface area contributed by atoms with Crippen molar-refractivity contribution in [3.63, 3.8) is 0 Å². The minimum absolute atomic E-state index is 0.000269. The Hall–Kier alpha value is -2.57. The maximum atomic E-state index is 12.4. The molecule has 3 rings (SSSR count). The molecule has 7 heteroatoms. The number of aromatic nitrogens is 2. The molecule has 0 saturated heterocycles. The van der Waals surface area contributed by atoms with Crippen LogP contribution in [0.25, 0.3) is 6.20 Å². The van der Waals surface area contributed by atoms with E-state index in [0.29, 0.717) is 0 Å². The number of amides is 1. The number of imidazole rings is 1. The van der Waals surface area contributed by atoms with Gasteiger partial charge in [-0.15, -0.1) is 0 Å². The highest BCUT2D eigenvalue weighted by atomic mass is 16.2. The number of aliphatic imine (C=N–C) groups is 1. The molecule has 27 heavy (non-hydrogen) atoms. The zero-order valence-electron chi connectivity index (χ0n) is 16.9. The average molecular weight is 371 g/mol. The molecule has 0 bridgehead atoms. The molecule has 1 aliphatic heterocycles. The lowest BCUT2D eigenvalue weighted by Gasteiger charge is -2.30. The summed E-state index contributed by atoms with van der Waals surface area (Å²) in [5, 5.41) is 6.55. The van der Waals surface area contributed by atoms with E-state index in [4.69, 9.17) is 4.99 Å². The Kier molecular flexibility index (Phi) is 5.39. The van der Waals surface area contributed by atoms with Gasteiger partial charge in [0.15, 0.2) is 6.17 Å². The summed E-state index contributed by atoms with van der Waals surface area (Å²) in [6.07, 6.45) is 10.6. The van der Waals surface area contributed by atoms with Crippen molar-refractivity contribution in [1.29, 1.82) is 0 Å². The molecule has 1 aliphatic carbocycles. The molecule has 0 saturated carbocycles. The van der Waals surface area contributed by atoms with Crippen LogP contribution in [0.2, 0.25) is 0 Å². The number of nitrogens with one attached hydrogen (secondary N) is 2. The monoisotopic (exact) mass is 370 g/mol. The zero-order valence-corrected chi connectivity index (χ0v) is 16.9. The third-order valence-electron chi connectivity index (χ3n) is 4.53. The van der Waals surface area contributed by atoms with Gasteiger partial charge in [-0.3, -0.25) is 4.79 Å². The summed E-state index contributed by atoms with van der Waals surface area (Å²) in [6, 6.07) is 0. The van der Waals surface area contributed by atoms with E-state index in [9.17, 15) is 4.79 Å². The van der Waals surface area contributed by atoms with Crippen molar-refractivity contribution >= 4 is 17.9 Å². The van der Waals surface area contributed by atoms with Gasteiger partial charge < -0.3 is 20.1 Å². The predicted octanol–water partition coefficient (Wildman–Crippen LogP) is 2.66. The number of carbonyl (C=O) groups is 1. The van der Waals surface area contributed by atoms with Crippen LogP contribution in [0.4, 0.5) is 0 Å². The van der Waals surface area contributed by atoms with Gasteiger partial charge in [0.25, 0.3) is 0 Å². The highest BCUT2D eigenvalue weighted by Crippen LogP contribution is 2.33. The van der Waals surface area contributed by atoms with Crippen molar-refractivity contribution in [1.82, 2.24) is 25.1 Å².